The van der Waals surface area contributed by atoms with Crippen molar-refractivity contribution < 1.29 is 9.53 Å². The van der Waals surface area contributed by atoms with Crippen LogP contribution in [0.1, 0.15) is 44.1 Å². The number of nitrogens with zero attached hydrogens (tertiary/aromatic N) is 3. The molecular formula is C20H26N4O2. The van der Waals surface area contributed by atoms with Crippen molar-refractivity contribution in [1.82, 2.24) is 9.97 Å². The van der Waals surface area contributed by atoms with E-state index in [1.807, 2.05) is 38.1 Å². The minimum atomic E-state index is -0.265. The molecule has 138 valence electrons. The standard InChI is InChI=1S/C20H26N4O2/c1-14(2)26-18-7-5-4-6-16(18)22-19(25)17-8-11-21-20(23-17)24-12-9-15(3)10-13-24/h4-8,11,14-15H,9-10,12-13H2,1-3H3,(H,22,25). The highest BCUT2D eigenvalue weighted by Gasteiger charge is 2.19. The molecule has 6 heteroatoms. The van der Waals surface area contributed by atoms with E-state index in [1.165, 1.54) is 0 Å². The van der Waals surface area contributed by atoms with Gasteiger partial charge in [-0.05, 0) is 50.8 Å². The molecule has 2 aromatic rings. The fraction of sp³-hybridized carbons (Fsp3) is 0.450. The van der Waals surface area contributed by atoms with Gasteiger partial charge < -0.3 is 15.0 Å². The van der Waals surface area contributed by atoms with Gasteiger partial charge in [-0.3, -0.25) is 4.79 Å². The summed E-state index contributed by atoms with van der Waals surface area (Å²) in [6, 6.07) is 9.05. The molecule has 1 aliphatic heterocycles. The first-order valence-corrected chi connectivity index (χ1v) is 9.18. The van der Waals surface area contributed by atoms with Gasteiger partial charge in [0.15, 0.2) is 0 Å². The second-order valence-electron chi connectivity index (χ2n) is 7.03. The van der Waals surface area contributed by atoms with E-state index < -0.39 is 0 Å². The Hall–Kier alpha value is -2.63. The lowest BCUT2D eigenvalue weighted by atomic mass is 10.00. The third-order valence-electron chi connectivity index (χ3n) is 4.44. The molecule has 0 spiro atoms. The number of hydrogen-bond donors (Lipinski definition) is 1. The van der Waals surface area contributed by atoms with Crippen molar-refractivity contribution in [2.75, 3.05) is 23.3 Å². The number of nitrogens with one attached hydrogen (secondary N) is 1. The molecule has 1 saturated heterocycles. The van der Waals surface area contributed by atoms with E-state index in [-0.39, 0.29) is 12.0 Å². The maximum Gasteiger partial charge on any atom is 0.274 e. The molecule has 0 atom stereocenters. The van der Waals surface area contributed by atoms with Crippen LogP contribution in [0.4, 0.5) is 11.6 Å². The highest BCUT2D eigenvalue weighted by molar-refractivity contribution is 6.03. The smallest absolute Gasteiger partial charge is 0.274 e. The van der Waals surface area contributed by atoms with Crippen LogP contribution in [0, 0.1) is 5.92 Å². The fourth-order valence-corrected chi connectivity index (χ4v) is 2.95. The molecule has 0 radical (unpaired) electrons. The highest BCUT2D eigenvalue weighted by atomic mass is 16.5. The summed E-state index contributed by atoms with van der Waals surface area (Å²) in [5, 5.41) is 2.90. The van der Waals surface area contributed by atoms with Gasteiger partial charge in [0, 0.05) is 19.3 Å². The quantitative estimate of drug-likeness (QED) is 0.886. The number of benzene rings is 1. The van der Waals surface area contributed by atoms with Gasteiger partial charge in [0.05, 0.1) is 11.8 Å². The lowest BCUT2D eigenvalue weighted by molar-refractivity contribution is 0.102. The number of amides is 1. The van der Waals surface area contributed by atoms with Crippen molar-refractivity contribution in [3.63, 3.8) is 0 Å². The lowest BCUT2D eigenvalue weighted by Crippen LogP contribution is -2.34. The average Bonchev–Trinajstić information content (AvgIpc) is 2.63. The van der Waals surface area contributed by atoms with E-state index >= 15 is 0 Å². The molecule has 1 aromatic heterocycles. The Morgan fingerprint density at radius 2 is 1.96 bits per heavy atom. The first-order chi connectivity index (χ1) is 12.5. The van der Waals surface area contributed by atoms with Crippen LogP contribution in [0.25, 0.3) is 0 Å². The largest absolute Gasteiger partial charge is 0.489 e. The van der Waals surface area contributed by atoms with Crippen LogP contribution in [0.5, 0.6) is 5.75 Å². The summed E-state index contributed by atoms with van der Waals surface area (Å²) in [6.07, 6.45) is 3.92. The van der Waals surface area contributed by atoms with Crippen molar-refractivity contribution >= 4 is 17.5 Å². The molecule has 3 rings (SSSR count). The third kappa shape index (κ3) is 4.50. The van der Waals surface area contributed by atoms with Crippen molar-refractivity contribution in [3.8, 4) is 5.75 Å². The van der Waals surface area contributed by atoms with Crippen molar-refractivity contribution in [1.29, 1.82) is 0 Å². The highest BCUT2D eigenvalue weighted by Crippen LogP contribution is 2.25. The van der Waals surface area contributed by atoms with Gasteiger partial charge in [-0.25, -0.2) is 9.97 Å². The molecule has 0 aliphatic carbocycles. The van der Waals surface area contributed by atoms with E-state index in [1.54, 1.807) is 12.3 Å². The molecule has 2 heterocycles. The van der Waals surface area contributed by atoms with Crippen LogP contribution in [0.2, 0.25) is 0 Å². The van der Waals surface area contributed by atoms with Gasteiger partial charge in [0.2, 0.25) is 5.95 Å². The molecule has 1 fully saturated rings. The second-order valence-corrected chi connectivity index (χ2v) is 7.03. The van der Waals surface area contributed by atoms with Crippen LogP contribution in [0.15, 0.2) is 36.5 Å². The summed E-state index contributed by atoms with van der Waals surface area (Å²) < 4.78 is 5.76. The Balaban J connectivity index is 1.74. The number of anilines is 2. The minimum Gasteiger partial charge on any atom is -0.489 e. The maximum atomic E-state index is 12.7. The van der Waals surface area contributed by atoms with Gasteiger partial charge in [-0.15, -0.1) is 0 Å². The number of ether oxygens (including phenoxy) is 1. The molecule has 1 amide bonds. The second kappa shape index (κ2) is 8.17. The Labute approximate surface area is 154 Å². The van der Waals surface area contributed by atoms with Gasteiger partial charge in [-0.1, -0.05) is 19.1 Å². The monoisotopic (exact) mass is 354 g/mol. The molecule has 1 aromatic carbocycles. The van der Waals surface area contributed by atoms with Crippen molar-refractivity contribution in [2.24, 2.45) is 5.92 Å². The number of carbonyl (C=O) groups is 1. The predicted molar refractivity (Wildman–Crippen MR) is 103 cm³/mol. The first kappa shape index (κ1) is 18.2. The van der Waals surface area contributed by atoms with Crippen molar-refractivity contribution in [2.45, 2.75) is 39.7 Å². The Morgan fingerprint density at radius 3 is 2.69 bits per heavy atom. The number of para-hydroxylation sites is 2. The van der Waals surface area contributed by atoms with Crippen LogP contribution in [-0.4, -0.2) is 35.1 Å². The van der Waals surface area contributed by atoms with Gasteiger partial charge >= 0.3 is 0 Å². The summed E-state index contributed by atoms with van der Waals surface area (Å²) in [4.78, 5) is 23.6. The van der Waals surface area contributed by atoms with Gasteiger partial charge in [0.1, 0.15) is 11.4 Å². The van der Waals surface area contributed by atoms with E-state index in [0.29, 0.717) is 23.1 Å². The summed E-state index contributed by atoms with van der Waals surface area (Å²) in [6.45, 7) is 8.02. The summed E-state index contributed by atoms with van der Waals surface area (Å²) in [7, 11) is 0. The molecule has 1 N–H and O–H groups in total. The molecule has 6 nitrogen and oxygen atoms in total. The fourth-order valence-electron chi connectivity index (χ4n) is 2.95. The van der Waals surface area contributed by atoms with Crippen LogP contribution in [0.3, 0.4) is 0 Å². The molecular weight excluding hydrogens is 328 g/mol. The third-order valence-corrected chi connectivity index (χ3v) is 4.44. The summed E-state index contributed by atoms with van der Waals surface area (Å²) in [5.41, 5.74) is 0.992. The number of carbonyl (C=O) groups excluding carboxylic acids is 1. The van der Waals surface area contributed by atoms with E-state index in [2.05, 4.69) is 27.1 Å². The number of aromatic nitrogens is 2. The van der Waals surface area contributed by atoms with Crippen LogP contribution < -0.4 is 15.0 Å². The zero-order valence-electron chi connectivity index (χ0n) is 15.6. The zero-order chi connectivity index (χ0) is 18.5. The topological polar surface area (TPSA) is 67.4 Å². The first-order valence-electron chi connectivity index (χ1n) is 9.18. The lowest BCUT2D eigenvalue weighted by Gasteiger charge is -2.30. The molecule has 26 heavy (non-hydrogen) atoms. The van der Waals surface area contributed by atoms with Gasteiger partial charge in [0.25, 0.3) is 5.91 Å². The zero-order valence-corrected chi connectivity index (χ0v) is 15.6. The number of piperidine rings is 1. The van der Waals surface area contributed by atoms with Gasteiger partial charge in [-0.2, -0.15) is 0 Å². The minimum absolute atomic E-state index is 0.0280. The molecule has 0 saturated carbocycles. The molecule has 0 bridgehead atoms. The molecule has 1 aliphatic rings. The summed E-state index contributed by atoms with van der Waals surface area (Å²) >= 11 is 0. The SMILES string of the molecule is CC1CCN(c2nccc(C(=O)Nc3ccccc3OC(C)C)n2)CC1. The van der Waals surface area contributed by atoms with E-state index in [0.717, 1.165) is 31.8 Å². The Kier molecular flexibility index (Phi) is 5.71. The predicted octanol–water partition coefficient (Wildman–Crippen LogP) is 3.75. The summed E-state index contributed by atoms with van der Waals surface area (Å²) in [5.74, 6) is 1.74. The van der Waals surface area contributed by atoms with Crippen molar-refractivity contribution in [3.05, 3.63) is 42.2 Å². The molecule has 0 unspecified atom stereocenters. The van der Waals surface area contributed by atoms with E-state index in [9.17, 15) is 4.79 Å². The van der Waals surface area contributed by atoms with E-state index in [4.69, 9.17) is 4.74 Å². The average molecular weight is 354 g/mol. The Morgan fingerprint density at radius 1 is 1.23 bits per heavy atom. The Bertz CT molecular complexity index is 755. The number of rotatable bonds is 5. The van der Waals surface area contributed by atoms with Crippen LogP contribution in [-0.2, 0) is 0 Å². The van der Waals surface area contributed by atoms with Crippen LogP contribution >= 0.6 is 0 Å². The normalized spacial score (nSPS) is 15.2. The maximum absolute atomic E-state index is 12.7. The number of hydrogen-bond acceptors (Lipinski definition) is 5.